The summed E-state index contributed by atoms with van der Waals surface area (Å²) in [5, 5.41) is 3.68. The molecule has 2 heterocycles. The SMILES string of the molecule is CC1NCC2(CCCC2)c2cc3c(cc21)OCCO3.Cl. The van der Waals surface area contributed by atoms with Crippen molar-refractivity contribution in [2.75, 3.05) is 19.8 Å². The molecular weight excluding hydrogens is 274 g/mol. The molecule has 1 unspecified atom stereocenters. The highest BCUT2D eigenvalue weighted by Crippen LogP contribution is 2.49. The van der Waals surface area contributed by atoms with Gasteiger partial charge < -0.3 is 14.8 Å². The quantitative estimate of drug-likeness (QED) is 0.796. The third-order valence-corrected chi connectivity index (χ3v) is 5.06. The lowest BCUT2D eigenvalue weighted by Gasteiger charge is -2.40. The van der Waals surface area contributed by atoms with Crippen molar-refractivity contribution in [3.8, 4) is 11.5 Å². The Bertz CT molecular complexity index is 511. The van der Waals surface area contributed by atoms with Crippen molar-refractivity contribution in [1.29, 1.82) is 0 Å². The molecule has 2 aliphatic heterocycles. The molecule has 4 heteroatoms. The largest absolute Gasteiger partial charge is 0.486 e. The number of nitrogens with one attached hydrogen (secondary N) is 1. The van der Waals surface area contributed by atoms with Gasteiger partial charge in [-0.3, -0.25) is 0 Å². The molecule has 3 nitrogen and oxygen atoms in total. The number of fused-ring (bicyclic) bond motifs is 3. The summed E-state index contributed by atoms with van der Waals surface area (Å²) < 4.78 is 11.5. The van der Waals surface area contributed by atoms with E-state index in [2.05, 4.69) is 24.4 Å². The second-order valence-electron chi connectivity index (χ2n) is 6.17. The van der Waals surface area contributed by atoms with Crippen LogP contribution in [0.1, 0.15) is 49.8 Å². The van der Waals surface area contributed by atoms with Crippen LogP contribution in [0.2, 0.25) is 0 Å². The fourth-order valence-corrected chi connectivity index (χ4v) is 3.97. The van der Waals surface area contributed by atoms with Crippen LogP contribution in [0.5, 0.6) is 11.5 Å². The Morgan fingerprint density at radius 2 is 1.75 bits per heavy atom. The summed E-state index contributed by atoms with van der Waals surface area (Å²) in [4.78, 5) is 0. The summed E-state index contributed by atoms with van der Waals surface area (Å²) >= 11 is 0. The van der Waals surface area contributed by atoms with Gasteiger partial charge in [0.1, 0.15) is 13.2 Å². The van der Waals surface area contributed by atoms with E-state index in [9.17, 15) is 0 Å². The van der Waals surface area contributed by atoms with Gasteiger partial charge in [0.05, 0.1) is 0 Å². The fraction of sp³-hybridized carbons (Fsp3) is 0.625. The fourth-order valence-electron chi connectivity index (χ4n) is 3.97. The van der Waals surface area contributed by atoms with E-state index in [1.54, 1.807) is 0 Å². The third kappa shape index (κ3) is 1.99. The number of benzene rings is 1. The van der Waals surface area contributed by atoms with Crippen LogP contribution in [0.15, 0.2) is 12.1 Å². The molecule has 1 N–H and O–H groups in total. The minimum Gasteiger partial charge on any atom is -0.486 e. The summed E-state index contributed by atoms with van der Waals surface area (Å²) in [6.07, 6.45) is 5.31. The van der Waals surface area contributed by atoms with Crippen molar-refractivity contribution < 1.29 is 9.47 Å². The van der Waals surface area contributed by atoms with E-state index in [-0.39, 0.29) is 12.4 Å². The second-order valence-corrected chi connectivity index (χ2v) is 6.17. The van der Waals surface area contributed by atoms with Crippen LogP contribution in [-0.4, -0.2) is 19.8 Å². The lowest BCUT2D eigenvalue weighted by atomic mass is 9.72. The monoisotopic (exact) mass is 295 g/mol. The van der Waals surface area contributed by atoms with Gasteiger partial charge in [0.15, 0.2) is 11.5 Å². The van der Waals surface area contributed by atoms with Crippen LogP contribution < -0.4 is 14.8 Å². The van der Waals surface area contributed by atoms with Crippen LogP contribution >= 0.6 is 12.4 Å². The minimum atomic E-state index is 0. The zero-order valence-corrected chi connectivity index (χ0v) is 12.7. The normalized spacial score (nSPS) is 25.9. The van der Waals surface area contributed by atoms with Crippen molar-refractivity contribution in [1.82, 2.24) is 5.32 Å². The van der Waals surface area contributed by atoms with Crippen molar-refractivity contribution in [3.63, 3.8) is 0 Å². The van der Waals surface area contributed by atoms with Crippen molar-refractivity contribution >= 4 is 12.4 Å². The molecule has 1 saturated carbocycles. The smallest absolute Gasteiger partial charge is 0.161 e. The maximum Gasteiger partial charge on any atom is 0.161 e. The molecule has 3 aliphatic rings. The van der Waals surface area contributed by atoms with E-state index in [4.69, 9.17) is 9.47 Å². The second kappa shape index (κ2) is 5.12. The predicted molar refractivity (Wildman–Crippen MR) is 81.2 cm³/mol. The molecule has 0 amide bonds. The van der Waals surface area contributed by atoms with E-state index < -0.39 is 0 Å². The van der Waals surface area contributed by atoms with Crippen LogP contribution in [0, 0.1) is 0 Å². The predicted octanol–water partition coefficient (Wildman–Crippen LogP) is 3.36. The Morgan fingerprint density at radius 1 is 1.10 bits per heavy atom. The molecule has 0 radical (unpaired) electrons. The lowest BCUT2D eigenvalue weighted by molar-refractivity contribution is 0.170. The molecule has 1 spiro atoms. The van der Waals surface area contributed by atoms with Crippen molar-refractivity contribution in [2.24, 2.45) is 0 Å². The minimum absolute atomic E-state index is 0. The highest BCUT2D eigenvalue weighted by Gasteiger charge is 2.41. The topological polar surface area (TPSA) is 30.5 Å². The molecule has 20 heavy (non-hydrogen) atoms. The molecule has 1 aliphatic carbocycles. The van der Waals surface area contributed by atoms with E-state index in [1.807, 2.05) is 0 Å². The Balaban J connectivity index is 0.00000121. The molecule has 110 valence electrons. The third-order valence-electron chi connectivity index (χ3n) is 5.06. The summed E-state index contributed by atoms with van der Waals surface area (Å²) in [6.45, 7) is 4.70. The van der Waals surface area contributed by atoms with Gasteiger partial charge in [0, 0.05) is 18.0 Å². The first-order chi connectivity index (χ1) is 9.28. The molecule has 0 bridgehead atoms. The summed E-state index contributed by atoms with van der Waals surface area (Å²) in [7, 11) is 0. The highest BCUT2D eigenvalue weighted by molar-refractivity contribution is 5.85. The molecule has 0 saturated heterocycles. The van der Waals surface area contributed by atoms with Gasteiger partial charge in [-0.2, -0.15) is 0 Å². The van der Waals surface area contributed by atoms with Crippen molar-refractivity contribution in [3.05, 3.63) is 23.3 Å². The van der Waals surface area contributed by atoms with Crippen LogP contribution in [0.4, 0.5) is 0 Å². The Labute approximate surface area is 126 Å². The number of ether oxygens (including phenoxy) is 2. The average Bonchev–Trinajstić information content (AvgIpc) is 2.92. The average molecular weight is 296 g/mol. The first-order valence-corrected chi connectivity index (χ1v) is 7.46. The van der Waals surface area contributed by atoms with Crippen molar-refractivity contribution in [2.45, 2.75) is 44.1 Å². The molecule has 0 aromatic heterocycles. The Morgan fingerprint density at radius 3 is 2.45 bits per heavy atom. The summed E-state index contributed by atoms with van der Waals surface area (Å²) in [5.74, 6) is 1.87. The molecule has 1 aromatic carbocycles. The van der Waals surface area contributed by atoms with Gasteiger partial charge in [-0.05, 0) is 43.0 Å². The Kier molecular flexibility index (Phi) is 3.59. The lowest BCUT2D eigenvalue weighted by Crippen LogP contribution is -2.43. The molecule has 1 aromatic rings. The van der Waals surface area contributed by atoms with Crippen LogP contribution in [0.25, 0.3) is 0 Å². The van der Waals surface area contributed by atoms with E-state index in [0.29, 0.717) is 24.7 Å². The van der Waals surface area contributed by atoms with Gasteiger partial charge in [-0.25, -0.2) is 0 Å². The maximum atomic E-state index is 5.78. The van der Waals surface area contributed by atoms with Gasteiger partial charge in [0.25, 0.3) is 0 Å². The van der Waals surface area contributed by atoms with E-state index >= 15 is 0 Å². The Hall–Kier alpha value is -0.930. The van der Waals surface area contributed by atoms with Gasteiger partial charge in [-0.1, -0.05) is 12.8 Å². The summed E-state index contributed by atoms with van der Waals surface area (Å²) in [6, 6.07) is 4.89. The van der Waals surface area contributed by atoms with E-state index in [1.165, 1.54) is 36.8 Å². The molecular formula is C16H22ClNO2. The number of hydrogen-bond donors (Lipinski definition) is 1. The molecule has 1 fully saturated rings. The first-order valence-electron chi connectivity index (χ1n) is 7.46. The van der Waals surface area contributed by atoms with Crippen LogP contribution in [0.3, 0.4) is 0 Å². The van der Waals surface area contributed by atoms with Gasteiger partial charge in [-0.15, -0.1) is 12.4 Å². The van der Waals surface area contributed by atoms with Gasteiger partial charge >= 0.3 is 0 Å². The number of rotatable bonds is 0. The number of halogens is 1. The molecule has 1 atom stereocenters. The standard InChI is InChI=1S/C16H21NO2.ClH/c1-11-12-8-14-15(19-7-6-18-14)9-13(12)16(10-17-11)4-2-3-5-16;/h8-9,11,17H,2-7,10H2,1H3;1H. The maximum absolute atomic E-state index is 5.78. The zero-order chi connectivity index (χ0) is 12.9. The number of hydrogen-bond acceptors (Lipinski definition) is 3. The van der Waals surface area contributed by atoms with E-state index in [0.717, 1.165) is 18.0 Å². The van der Waals surface area contributed by atoms with Crippen LogP contribution in [-0.2, 0) is 5.41 Å². The molecule has 4 rings (SSSR count). The first kappa shape index (κ1) is 14.0. The summed E-state index contributed by atoms with van der Waals surface area (Å²) in [5.41, 5.74) is 3.27. The zero-order valence-electron chi connectivity index (χ0n) is 11.9. The van der Waals surface area contributed by atoms with Gasteiger partial charge in [0.2, 0.25) is 0 Å². The highest BCUT2D eigenvalue weighted by atomic mass is 35.5.